The van der Waals surface area contributed by atoms with Gasteiger partial charge in [0.25, 0.3) is 0 Å². The summed E-state index contributed by atoms with van der Waals surface area (Å²) in [6, 6.07) is 7.79. The molecule has 1 unspecified atom stereocenters. The van der Waals surface area contributed by atoms with Crippen molar-refractivity contribution in [3.63, 3.8) is 0 Å². The third-order valence-corrected chi connectivity index (χ3v) is 4.45. The second-order valence-electron chi connectivity index (χ2n) is 8.08. The van der Waals surface area contributed by atoms with Crippen LogP contribution in [-0.4, -0.2) is 61.2 Å². The Hall–Kier alpha value is -2.04. The first-order valence-electron chi connectivity index (χ1n) is 10.0. The van der Waals surface area contributed by atoms with Crippen LogP contribution >= 0.6 is 24.0 Å². The Labute approximate surface area is 196 Å². The molecule has 1 atom stereocenters. The van der Waals surface area contributed by atoms with Crippen LogP contribution in [0.15, 0.2) is 29.3 Å². The van der Waals surface area contributed by atoms with E-state index in [1.807, 2.05) is 49.9 Å². The van der Waals surface area contributed by atoms with E-state index in [4.69, 9.17) is 4.74 Å². The van der Waals surface area contributed by atoms with Gasteiger partial charge in [-0.15, -0.1) is 24.0 Å². The molecule has 0 bridgehead atoms. The first kappa shape index (κ1) is 26.0. The number of likely N-dealkylation sites (tertiary alicyclic amines) is 1. The van der Waals surface area contributed by atoms with Gasteiger partial charge in [0.2, 0.25) is 5.91 Å². The molecule has 168 valence electrons. The van der Waals surface area contributed by atoms with Gasteiger partial charge in [-0.2, -0.15) is 0 Å². The Morgan fingerprint density at radius 2 is 2.03 bits per heavy atom. The van der Waals surface area contributed by atoms with E-state index in [1.54, 1.807) is 7.05 Å². The van der Waals surface area contributed by atoms with Gasteiger partial charge >= 0.3 is 6.09 Å². The number of aliphatic imine (C=N–C) groups is 1. The minimum atomic E-state index is -0.524. The quantitative estimate of drug-likeness (QED) is 0.309. The van der Waals surface area contributed by atoms with Gasteiger partial charge in [0.15, 0.2) is 5.96 Å². The zero-order valence-electron chi connectivity index (χ0n) is 18.4. The molecule has 0 aromatic heterocycles. The summed E-state index contributed by atoms with van der Waals surface area (Å²) in [6.07, 6.45) is 1.29. The molecule has 0 radical (unpaired) electrons. The fourth-order valence-corrected chi connectivity index (χ4v) is 3.11. The molecule has 0 spiro atoms. The molecule has 2 rings (SSSR count). The highest BCUT2D eigenvalue weighted by Gasteiger charge is 2.28. The van der Waals surface area contributed by atoms with E-state index in [1.165, 1.54) is 5.56 Å². The standard InChI is InChI=1S/C21H33N5O3.HI/c1-6-15-8-7-9-16(12-15)24-18(27)13-23-19(22-5)26-11-10-17(14-26)25-20(28)29-21(2,3)4;/h7-9,12,17H,6,10-11,13-14H2,1-5H3,(H,22,23)(H,24,27)(H,25,28);1H. The lowest BCUT2D eigenvalue weighted by Crippen LogP contribution is -2.45. The minimum absolute atomic E-state index is 0. The summed E-state index contributed by atoms with van der Waals surface area (Å²) >= 11 is 0. The van der Waals surface area contributed by atoms with Gasteiger partial charge in [-0.1, -0.05) is 19.1 Å². The smallest absolute Gasteiger partial charge is 0.407 e. The summed E-state index contributed by atoms with van der Waals surface area (Å²) in [6.45, 7) is 9.05. The minimum Gasteiger partial charge on any atom is -0.444 e. The van der Waals surface area contributed by atoms with Gasteiger partial charge in [0.05, 0.1) is 12.6 Å². The van der Waals surface area contributed by atoms with Gasteiger partial charge < -0.3 is 25.6 Å². The first-order chi connectivity index (χ1) is 13.7. The third-order valence-electron chi connectivity index (χ3n) is 4.45. The fraction of sp³-hybridized carbons (Fsp3) is 0.571. The van der Waals surface area contributed by atoms with Crippen molar-refractivity contribution >= 4 is 47.6 Å². The van der Waals surface area contributed by atoms with Gasteiger partial charge in [-0.3, -0.25) is 9.79 Å². The Morgan fingerprint density at radius 1 is 1.30 bits per heavy atom. The van der Waals surface area contributed by atoms with Crippen LogP contribution in [0.3, 0.4) is 0 Å². The number of halogens is 1. The second-order valence-corrected chi connectivity index (χ2v) is 8.08. The number of ether oxygens (including phenoxy) is 1. The van der Waals surface area contributed by atoms with Crippen molar-refractivity contribution in [2.45, 2.75) is 52.2 Å². The maximum Gasteiger partial charge on any atom is 0.407 e. The summed E-state index contributed by atoms with van der Waals surface area (Å²) in [4.78, 5) is 30.5. The topological polar surface area (TPSA) is 95.1 Å². The number of benzene rings is 1. The Morgan fingerprint density at radius 3 is 2.67 bits per heavy atom. The van der Waals surface area contributed by atoms with Gasteiger partial charge in [0, 0.05) is 25.8 Å². The van der Waals surface area contributed by atoms with Crippen molar-refractivity contribution in [3.8, 4) is 0 Å². The molecule has 1 fully saturated rings. The van der Waals surface area contributed by atoms with Crippen LogP contribution in [0.1, 0.15) is 39.7 Å². The zero-order valence-corrected chi connectivity index (χ0v) is 20.8. The highest BCUT2D eigenvalue weighted by atomic mass is 127. The molecular weight excluding hydrogens is 497 g/mol. The number of carbonyl (C=O) groups excluding carboxylic acids is 2. The average molecular weight is 531 g/mol. The Balaban J connectivity index is 0.00000450. The normalized spacial score (nSPS) is 16.5. The van der Waals surface area contributed by atoms with E-state index < -0.39 is 11.7 Å². The maximum atomic E-state index is 12.3. The maximum absolute atomic E-state index is 12.3. The number of hydrogen-bond acceptors (Lipinski definition) is 4. The van der Waals surface area contributed by atoms with Crippen molar-refractivity contribution in [1.82, 2.24) is 15.5 Å². The van der Waals surface area contributed by atoms with E-state index in [0.29, 0.717) is 12.5 Å². The number of aryl methyl sites for hydroxylation is 1. The molecule has 30 heavy (non-hydrogen) atoms. The summed E-state index contributed by atoms with van der Waals surface area (Å²) in [5.74, 6) is 0.498. The van der Waals surface area contributed by atoms with Crippen molar-refractivity contribution in [2.75, 3.05) is 32.0 Å². The van der Waals surface area contributed by atoms with E-state index >= 15 is 0 Å². The molecule has 1 saturated heterocycles. The molecule has 1 aliphatic heterocycles. The monoisotopic (exact) mass is 531 g/mol. The number of carbonyl (C=O) groups is 2. The third kappa shape index (κ3) is 8.76. The number of nitrogens with zero attached hydrogens (tertiary/aromatic N) is 2. The number of nitrogens with one attached hydrogen (secondary N) is 3. The van der Waals surface area contributed by atoms with Gasteiger partial charge in [0.1, 0.15) is 5.60 Å². The molecule has 8 nitrogen and oxygen atoms in total. The molecule has 3 N–H and O–H groups in total. The molecule has 9 heteroatoms. The van der Waals surface area contributed by atoms with Crippen molar-refractivity contribution in [2.24, 2.45) is 4.99 Å². The lowest BCUT2D eigenvalue weighted by Gasteiger charge is -2.23. The lowest BCUT2D eigenvalue weighted by molar-refractivity contribution is -0.115. The number of amides is 2. The summed E-state index contributed by atoms with van der Waals surface area (Å²) in [7, 11) is 1.68. The Bertz CT molecular complexity index is 748. The molecule has 1 aliphatic rings. The van der Waals surface area contributed by atoms with E-state index in [2.05, 4.69) is 27.9 Å². The van der Waals surface area contributed by atoms with Gasteiger partial charge in [-0.25, -0.2) is 4.79 Å². The van der Waals surface area contributed by atoms with Crippen LogP contribution in [0.4, 0.5) is 10.5 Å². The molecule has 1 heterocycles. The summed E-state index contributed by atoms with van der Waals surface area (Å²) in [5, 5.41) is 8.87. The number of anilines is 1. The SMILES string of the molecule is CCc1cccc(NC(=O)CNC(=NC)N2CCC(NC(=O)OC(C)(C)C)C2)c1.I. The molecule has 0 saturated carbocycles. The number of rotatable bonds is 5. The van der Waals surface area contributed by atoms with Crippen LogP contribution in [0.2, 0.25) is 0 Å². The van der Waals surface area contributed by atoms with Crippen molar-refractivity contribution < 1.29 is 14.3 Å². The largest absolute Gasteiger partial charge is 0.444 e. The average Bonchev–Trinajstić information content (AvgIpc) is 3.08. The predicted octanol–water partition coefficient (Wildman–Crippen LogP) is 2.98. The van der Waals surface area contributed by atoms with E-state index in [-0.39, 0.29) is 42.5 Å². The second kappa shape index (κ2) is 12.0. The summed E-state index contributed by atoms with van der Waals surface area (Å²) < 4.78 is 5.31. The molecular formula is C21H34IN5O3. The molecule has 1 aromatic rings. The van der Waals surface area contributed by atoms with Crippen LogP contribution in [0.5, 0.6) is 0 Å². The van der Waals surface area contributed by atoms with E-state index in [9.17, 15) is 9.59 Å². The number of hydrogen-bond donors (Lipinski definition) is 3. The van der Waals surface area contributed by atoms with Crippen LogP contribution in [-0.2, 0) is 16.0 Å². The van der Waals surface area contributed by atoms with Crippen LogP contribution < -0.4 is 16.0 Å². The highest BCUT2D eigenvalue weighted by molar-refractivity contribution is 14.0. The van der Waals surface area contributed by atoms with Crippen molar-refractivity contribution in [1.29, 1.82) is 0 Å². The number of alkyl carbamates (subject to hydrolysis) is 1. The molecule has 0 aliphatic carbocycles. The highest BCUT2D eigenvalue weighted by Crippen LogP contribution is 2.13. The van der Waals surface area contributed by atoms with E-state index in [0.717, 1.165) is 25.1 Å². The van der Waals surface area contributed by atoms with Crippen molar-refractivity contribution in [3.05, 3.63) is 29.8 Å². The van der Waals surface area contributed by atoms with Gasteiger partial charge in [-0.05, 0) is 51.3 Å². The first-order valence-corrected chi connectivity index (χ1v) is 10.0. The number of guanidine groups is 1. The molecule has 1 aromatic carbocycles. The predicted molar refractivity (Wildman–Crippen MR) is 131 cm³/mol. The zero-order chi connectivity index (χ0) is 21.4. The molecule has 2 amide bonds. The fourth-order valence-electron chi connectivity index (χ4n) is 3.11. The summed E-state index contributed by atoms with van der Waals surface area (Å²) in [5.41, 5.74) is 1.44. The lowest BCUT2D eigenvalue weighted by atomic mass is 10.1. The van der Waals surface area contributed by atoms with Crippen LogP contribution in [0.25, 0.3) is 0 Å². The Kier molecular flexibility index (Phi) is 10.4. The van der Waals surface area contributed by atoms with Crippen LogP contribution in [0, 0.1) is 0 Å².